The van der Waals surface area contributed by atoms with Crippen LogP contribution < -0.4 is 5.32 Å². The van der Waals surface area contributed by atoms with E-state index in [1.807, 2.05) is 0 Å². The highest BCUT2D eigenvalue weighted by atomic mass is 79.9. The average Bonchev–Trinajstić information content (AvgIpc) is 2.70. The van der Waals surface area contributed by atoms with Crippen LogP contribution in [0.2, 0.25) is 0 Å². The molecule has 104 valence electrons. The number of hydrogen-bond acceptors (Lipinski definition) is 3. The number of thioether (sulfide) groups is 1. The van der Waals surface area contributed by atoms with Gasteiger partial charge in [-0.05, 0) is 24.5 Å². The third-order valence-corrected chi connectivity index (χ3v) is 4.28. The second-order valence-electron chi connectivity index (χ2n) is 4.88. The first kappa shape index (κ1) is 14.8. The fourth-order valence-corrected chi connectivity index (χ4v) is 3.56. The number of aliphatic imine (C=N–C) groups is 1. The summed E-state index contributed by atoms with van der Waals surface area (Å²) < 4.78 is 27.7. The van der Waals surface area contributed by atoms with Gasteiger partial charge < -0.3 is 5.32 Å². The molecule has 2 nitrogen and oxygen atoms in total. The molecular formula is C13H15BrF2N2S. The number of rotatable bonds is 3. The largest absolute Gasteiger partial charge is 0.330 e. The zero-order chi connectivity index (χ0) is 14.0. The van der Waals surface area contributed by atoms with Gasteiger partial charge in [-0.25, -0.2) is 8.78 Å². The molecule has 2 rings (SSSR count). The summed E-state index contributed by atoms with van der Waals surface area (Å²) in [5.41, 5.74) is -0.139. The molecule has 1 aliphatic rings. The molecule has 0 aliphatic carbocycles. The molecule has 6 heteroatoms. The predicted octanol–water partition coefficient (Wildman–Crippen LogP) is 4.66. The predicted molar refractivity (Wildman–Crippen MR) is 80.8 cm³/mol. The van der Waals surface area contributed by atoms with Gasteiger partial charge in [0.2, 0.25) is 0 Å². The molecule has 19 heavy (non-hydrogen) atoms. The monoisotopic (exact) mass is 348 g/mol. The number of nitrogens with zero attached hydrogens (tertiary/aromatic N) is 1. The van der Waals surface area contributed by atoms with E-state index in [2.05, 4.69) is 40.1 Å². The first-order chi connectivity index (χ1) is 8.95. The van der Waals surface area contributed by atoms with Crippen molar-refractivity contribution < 1.29 is 8.78 Å². The van der Waals surface area contributed by atoms with Crippen molar-refractivity contribution >= 4 is 38.5 Å². The summed E-state index contributed by atoms with van der Waals surface area (Å²) in [6.07, 6.45) is 1.05. The fraction of sp³-hybridized carbons (Fsp3) is 0.462. The van der Waals surface area contributed by atoms with Crippen LogP contribution >= 0.6 is 27.7 Å². The molecule has 1 aliphatic heterocycles. The Kier molecular flexibility index (Phi) is 4.84. The third kappa shape index (κ3) is 3.92. The second-order valence-corrected chi connectivity index (χ2v) is 7.09. The summed E-state index contributed by atoms with van der Waals surface area (Å²) in [7, 11) is 0. The second kappa shape index (κ2) is 6.22. The van der Waals surface area contributed by atoms with Crippen LogP contribution in [0.15, 0.2) is 21.6 Å². The summed E-state index contributed by atoms with van der Waals surface area (Å²) in [5.74, 6) is -0.654. The lowest BCUT2D eigenvalue weighted by atomic mass is 10.1. The van der Waals surface area contributed by atoms with Crippen LogP contribution in [0.5, 0.6) is 0 Å². The molecule has 0 aromatic heterocycles. The highest BCUT2D eigenvalue weighted by Crippen LogP contribution is 2.30. The number of halogens is 3. The SMILES string of the molecule is CC(C)CC1CN=C(Nc2c(F)cc(Br)cc2F)S1. The molecule has 1 aromatic rings. The van der Waals surface area contributed by atoms with E-state index in [-0.39, 0.29) is 5.69 Å². The first-order valence-electron chi connectivity index (χ1n) is 6.08. The summed E-state index contributed by atoms with van der Waals surface area (Å²) in [6, 6.07) is 2.47. The molecule has 1 aromatic carbocycles. The van der Waals surface area contributed by atoms with Crippen molar-refractivity contribution in [3.8, 4) is 0 Å². The van der Waals surface area contributed by atoms with Crippen molar-refractivity contribution in [1.29, 1.82) is 0 Å². The van der Waals surface area contributed by atoms with E-state index in [1.165, 1.54) is 12.1 Å². The van der Waals surface area contributed by atoms with Gasteiger partial charge in [0, 0.05) is 9.72 Å². The van der Waals surface area contributed by atoms with E-state index in [1.54, 1.807) is 11.8 Å². The molecule has 0 radical (unpaired) electrons. The van der Waals surface area contributed by atoms with Crippen molar-refractivity contribution in [2.24, 2.45) is 10.9 Å². The van der Waals surface area contributed by atoms with Gasteiger partial charge in [-0.15, -0.1) is 0 Å². The maximum Gasteiger partial charge on any atom is 0.161 e. The summed E-state index contributed by atoms with van der Waals surface area (Å²) in [6.45, 7) is 5.00. The molecule has 1 heterocycles. The first-order valence-corrected chi connectivity index (χ1v) is 7.75. The average molecular weight is 349 g/mol. The Morgan fingerprint density at radius 2 is 2.05 bits per heavy atom. The standard InChI is InChI=1S/C13H15BrF2N2S/c1-7(2)3-9-6-17-13(19-9)18-12-10(15)4-8(14)5-11(12)16/h4-5,7,9H,3,6H2,1-2H3,(H,17,18). The molecular weight excluding hydrogens is 334 g/mol. The van der Waals surface area contributed by atoms with Gasteiger partial charge in [0.15, 0.2) is 16.8 Å². The van der Waals surface area contributed by atoms with Crippen LogP contribution in [-0.2, 0) is 0 Å². The molecule has 1 atom stereocenters. The van der Waals surface area contributed by atoms with Crippen LogP contribution in [-0.4, -0.2) is 17.0 Å². The number of amidine groups is 1. The van der Waals surface area contributed by atoms with Gasteiger partial charge in [-0.2, -0.15) is 0 Å². The number of benzene rings is 1. The Hall–Kier alpha value is -0.620. The van der Waals surface area contributed by atoms with Gasteiger partial charge in [-0.1, -0.05) is 41.5 Å². The highest BCUT2D eigenvalue weighted by molar-refractivity contribution is 9.10. The van der Waals surface area contributed by atoms with Crippen molar-refractivity contribution in [2.45, 2.75) is 25.5 Å². The minimum Gasteiger partial charge on any atom is -0.330 e. The topological polar surface area (TPSA) is 24.4 Å². The van der Waals surface area contributed by atoms with Gasteiger partial charge in [-0.3, -0.25) is 4.99 Å². The number of anilines is 1. The van der Waals surface area contributed by atoms with Gasteiger partial charge >= 0.3 is 0 Å². The maximum absolute atomic E-state index is 13.7. The maximum atomic E-state index is 13.7. The van der Waals surface area contributed by atoms with E-state index in [9.17, 15) is 8.78 Å². The number of hydrogen-bond donors (Lipinski definition) is 1. The molecule has 1 N–H and O–H groups in total. The quantitative estimate of drug-likeness (QED) is 0.859. The van der Waals surface area contributed by atoms with E-state index >= 15 is 0 Å². The Labute approximate surface area is 124 Å². The molecule has 0 saturated heterocycles. The lowest BCUT2D eigenvalue weighted by Crippen LogP contribution is -2.11. The summed E-state index contributed by atoms with van der Waals surface area (Å²) in [5, 5.41) is 3.73. The van der Waals surface area contributed by atoms with Crippen LogP contribution in [0.1, 0.15) is 20.3 Å². The van der Waals surface area contributed by atoms with Crippen molar-refractivity contribution in [3.05, 3.63) is 28.2 Å². The molecule has 0 amide bonds. The van der Waals surface area contributed by atoms with E-state index in [0.29, 0.717) is 27.4 Å². The Morgan fingerprint density at radius 1 is 1.42 bits per heavy atom. The van der Waals surface area contributed by atoms with Crippen LogP contribution in [0, 0.1) is 17.6 Å². The molecule has 1 unspecified atom stereocenters. The lowest BCUT2D eigenvalue weighted by molar-refractivity contribution is 0.575. The smallest absolute Gasteiger partial charge is 0.161 e. The zero-order valence-electron chi connectivity index (χ0n) is 10.7. The highest BCUT2D eigenvalue weighted by Gasteiger charge is 2.22. The molecule has 0 spiro atoms. The van der Waals surface area contributed by atoms with Gasteiger partial charge in [0.05, 0.1) is 6.54 Å². The Bertz CT molecular complexity index is 482. The normalized spacial score (nSPS) is 18.8. The van der Waals surface area contributed by atoms with Crippen LogP contribution in [0.25, 0.3) is 0 Å². The van der Waals surface area contributed by atoms with Gasteiger partial charge in [0.1, 0.15) is 5.69 Å². The zero-order valence-corrected chi connectivity index (χ0v) is 13.1. The number of nitrogens with one attached hydrogen (secondary N) is 1. The fourth-order valence-electron chi connectivity index (χ4n) is 1.90. The Morgan fingerprint density at radius 3 is 2.63 bits per heavy atom. The van der Waals surface area contributed by atoms with E-state index in [4.69, 9.17) is 0 Å². The van der Waals surface area contributed by atoms with Crippen LogP contribution in [0.3, 0.4) is 0 Å². The Balaban J connectivity index is 2.04. The minimum absolute atomic E-state index is 0.139. The van der Waals surface area contributed by atoms with Crippen molar-refractivity contribution in [2.75, 3.05) is 11.9 Å². The summed E-state index contributed by atoms with van der Waals surface area (Å²) >= 11 is 4.60. The van der Waals surface area contributed by atoms with E-state index < -0.39 is 11.6 Å². The van der Waals surface area contributed by atoms with Crippen LogP contribution in [0.4, 0.5) is 14.5 Å². The third-order valence-electron chi connectivity index (χ3n) is 2.69. The van der Waals surface area contributed by atoms with E-state index in [0.717, 1.165) is 6.42 Å². The minimum atomic E-state index is -0.623. The molecule has 0 saturated carbocycles. The molecule has 0 fully saturated rings. The lowest BCUT2D eigenvalue weighted by Gasteiger charge is -2.12. The van der Waals surface area contributed by atoms with Crippen molar-refractivity contribution in [3.63, 3.8) is 0 Å². The van der Waals surface area contributed by atoms with Gasteiger partial charge in [0.25, 0.3) is 0 Å². The van der Waals surface area contributed by atoms with Crippen molar-refractivity contribution in [1.82, 2.24) is 0 Å². The summed E-state index contributed by atoms with van der Waals surface area (Å²) in [4.78, 5) is 4.29. The molecule has 0 bridgehead atoms.